The Morgan fingerprint density at radius 3 is 2.68 bits per heavy atom. The van der Waals surface area contributed by atoms with Gasteiger partial charge >= 0.3 is 0 Å². The fourth-order valence-electron chi connectivity index (χ4n) is 2.02. The van der Waals surface area contributed by atoms with Gasteiger partial charge < -0.3 is 20.4 Å². The minimum atomic E-state index is -0.223. The molecule has 2 rings (SSSR count). The Morgan fingerprint density at radius 1 is 1.16 bits per heavy atom. The van der Waals surface area contributed by atoms with Crippen molar-refractivity contribution in [2.75, 3.05) is 26.2 Å². The molecule has 8 heteroatoms. The number of nitrogens with one attached hydrogen (secondary N) is 3. The van der Waals surface area contributed by atoms with Gasteiger partial charge in [0, 0.05) is 44.5 Å². The minimum Gasteiger partial charge on any atom is -0.459 e. The van der Waals surface area contributed by atoms with Crippen molar-refractivity contribution in [1.29, 1.82) is 0 Å². The average molecular weight is 457 g/mol. The van der Waals surface area contributed by atoms with Crippen LogP contribution in [0.3, 0.4) is 0 Å². The first-order chi connectivity index (χ1) is 11.8. The van der Waals surface area contributed by atoms with Crippen molar-refractivity contribution in [1.82, 2.24) is 20.9 Å². The zero-order valence-corrected chi connectivity index (χ0v) is 16.5. The Balaban J connectivity index is 0.00000312. The van der Waals surface area contributed by atoms with Gasteiger partial charge in [0.25, 0.3) is 5.91 Å². The van der Waals surface area contributed by atoms with Crippen molar-refractivity contribution in [2.24, 2.45) is 4.99 Å². The summed E-state index contributed by atoms with van der Waals surface area (Å²) in [6.07, 6.45) is 4.04. The molecule has 0 bridgehead atoms. The molecule has 2 aromatic rings. The van der Waals surface area contributed by atoms with Crippen LogP contribution in [0, 0.1) is 0 Å². The van der Waals surface area contributed by atoms with E-state index < -0.39 is 0 Å². The van der Waals surface area contributed by atoms with Crippen LogP contribution in [0.1, 0.15) is 23.2 Å². The molecule has 0 saturated heterocycles. The first kappa shape index (κ1) is 20.9. The molecule has 2 aromatic heterocycles. The van der Waals surface area contributed by atoms with E-state index in [0.29, 0.717) is 25.4 Å². The number of hydrogen-bond donors (Lipinski definition) is 3. The van der Waals surface area contributed by atoms with Gasteiger partial charge in [-0.05, 0) is 31.2 Å². The molecule has 0 unspecified atom stereocenters. The van der Waals surface area contributed by atoms with Crippen LogP contribution in [-0.2, 0) is 6.42 Å². The molecule has 25 heavy (non-hydrogen) atoms. The summed E-state index contributed by atoms with van der Waals surface area (Å²) in [6, 6.07) is 9.17. The highest BCUT2D eigenvalue weighted by Gasteiger charge is 2.06. The van der Waals surface area contributed by atoms with Crippen LogP contribution in [0.15, 0.2) is 52.2 Å². The van der Waals surface area contributed by atoms with E-state index in [9.17, 15) is 4.79 Å². The first-order valence-corrected chi connectivity index (χ1v) is 8.03. The van der Waals surface area contributed by atoms with Crippen LogP contribution in [0.5, 0.6) is 0 Å². The SMILES string of the molecule is CCNC(=NCCc1ccccn1)NCCNC(=O)c1ccco1.I. The Bertz CT molecular complexity index is 632. The van der Waals surface area contributed by atoms with Crippen molar-refractivity contribution in [3.8, 4) is 0 Å². The molecule has 0 saturated carbocycles. The standard InChI is InChI=1S/C17H23N5O2.HI/c1-2-18-17(21-10-8-14-6-3-4-9-19-14)22-12-11-20-16(23)15-7-5-13-24-15;/h3-7,9,13H,2,8,10-12H2,1H3,(H,20,23)(H2,18,21,22);1H. The predicted octanol–water partition coefficient (Wildman–Crippen LogP) is 1.82. The van der Waals surface area contributed by atoms with Gasteiger partial charge in [-0.2, -0.15) is 0 Å². The van der Waals surface area contributed by atoms with Gasteiger partial charge in [-0.25, -0.2) is 0 Å². The number of hydrogen-bond acceptors (Lipinski definition) is 4. The number of rotatable bonds is 8. The smallest absolute Gasteiger partial charge is 0.287 e. The Kier molecular flexibility index (Phi) is 10.3. The molecule has 0 atom stereocenters. The molecule has 3 N–H and O–H groups in total. The van der Waals surface area contributed by atoms with E-state index in [0.717, 1.165) is 24.6 Å². The summed E-state index contributed by atoms with van der Waals surface area (Å²) in [5.41, 5.74) is 1.02. The second-order valence-corrected chi connectivity index (χ2v) is 4.99. The highest BCUT2D eigenvalue weighted by molar-refractivity contribution is 14.0. The fraction of sp³-hybridized carbons (Fsp3) is 0.353. The molecular weight excluding hydrogens is 433 g/mol. The summed E-state index contributed by atoms with van der Waals surface area (Å²) >= 11 is 0. The van der Waals surface area contributed by atoms with Gasteiger partial charge in [0.2, 0.25) is 0 Å². The molecule has 136 valence electrons. The van der Waals surface area contributed by atoms with Crippen LogP contribution in [-0.4, -0.2) is 43.0 Å². The third kappa shape index (κ3) is 8.01. The van der Waals surface area contributed by atoms with E-state index in [-0.39, 0.29) is 29.9 Å². The van der Waals surface area contributed by atoms with Gasteiger partial charge in [0.1, 0.15) is 0 Å². The first-order valence-electron chi connectivity index (χ1n) is 8.03. The van der Waals surface area contributed by atoms with Gasteiger partial charge in [-0.3, -0.25) is 14.8 Å². The van der Waals surface area contributed by atoms with Crippen LogP contribution in [0.2, 0.25) is 0 Å². The van der Waals surface area contributed by atoms with E-state index in [1.165, 1.54) is 6.26 Å². The van der Waals surface area contributed by atoms with E-state index in [4.69, 9.17) is 4.42 Å². The minimum absolute atomic E-state index is 0. The van der Waals surface area contributed by atoms with Crippen molar-refractivity contribution in [3.63, 3.8) is 0 Å². The number of nitrogens with zero attached hydrogens (tertiary/aromatic N) is 2. The quantitative estimate of drug-likeness (QED) is 0.244. The number of amides is 1. The number of aromatic nitrogens is 1. The highest BCUT2D eigenvalue weighted by Crippen LogP contribution is 1.98. The molecule has 2 heterocycles. The summed E-state index contributed by atoms with van der Waals surface area (Å²) in [6.45, 7) is 4.47. The number of aliphatic imine (C=N–C) groups is 1. The number of halogens is 1. The molecular formula is C17H24IN5O2. The molecule has 1 amide bonds. The number of furan rings is 1. The van der Waals surface area contributed by atoms with E-state index >= 15 is 0 Å². The van der Waals surface area contributed by atoms with E-state index in [1.54, 1.807) is 18.3 Å². The van der Waals surface area contributed by atoms with Gasteiger partial charge in [-0.15, -0.1) is 24.0 Å². The maximum absolute atomic E-state index is 11.7. The lowest BCUT2D eigenvalue weighted by Gasteiger charge is -2.11. The molecule has 0 radical (unpaired) electrons. The molecule has 0 aliphatic heterocycles. The molecule has 0 spiro atoms. The molecule has 7 nitrogen and oxygen atoms in total. The third-order valence-corrected chi connectivity index (χ3v) is 3.16. The lowest BCUT2D eigenvalue weighted by atomic mass is 10.3. The molecule has 0 aliphatic carbocycles. The van der Waals surface area contributed by atoms with Crippen molar-refractivity contribution in [2.45, 2.75) is 13.3 Å². The number of pyridine rings is 1. The van der Waals surface area contributed by atoms with Gasteiger partial charge in [0.15, 0.2) is 11.7 Å². The van der Waals surface area contributed by atoms with Crippen LogP contribution >= 0.6 is 24.0 Å². The molecule has 0 aromatic carbocycles. The monoisotopic (exact) mass is 457 g/mol. The fourth-order valence-corrected chi connectivity index (χ4v) is 2.02. The number of guanidine groups is 1. The van der Waals surface area contributed by atoms with Crippen molar-refractivity contribution in [3.05, 3.63) is 54.2 Å². The Hall–Kier alpha value is -2.10. The normalized spacial score (nSPS) is 10.7. The predicted molar refractivity (Wildman–Crippen MR) is 108 cm³/mol. The lowest BCUT2D eigenvalue weighted by Crippen LogP contribution is -2.41. The summed E-state index contributed by atoms with van der Waals surface area (Å²) in [5, 5.41) is 9.13. The van der Waals surface area contributed by atoms with Crippen LogP contribution < -0.4 is 16.0 Å². The molecule has 0 aliphatic rings. The second-order valence-electron chi connectivity index (χ2n) is 4.99. The van der Waals surface area contributed by atoms with E-state index in [1.807, 2.05) is 25.1 Å². The largest absolute Gasteiger partial charge is 0.459 e. The van der Waals surface area contributed by atoms with Crippen molar-refractivity contribution < 1.29 is 9.21 Å². The Labute approximate surface area is 164 Å². The third-order valence-electron chi connectivity index (χ3n) is 3.16. The Morgan fingerprint density at radius 2 is 2.00 bits per heavy atom. The number of carbonyl (C=O) groups is 1. The lowest BCUT2D eigenvalue weighted by molar-refractivity contribution is 0.0926. The van der Waals surface area contributed by atoms with Gasteiger partial charge in [-0.1, -0.05) is 6.07 Å². The summed E-state index contributed by atoms with van der Waals surface area (Å²) in [7, 11) is 0. The second kappa shape index (κ2) is 12.3. The molecule has 0 fully saturated rings. The average Bonchev–Trinajstić information content (AvgIpc) is 3.14. The van der Waals surface area contributed by atoms with Gasteiger partial charge in [0.05, 0.1) is 6.26 Å². The summed E-state index contributed by atoms with van der Waals surface area (Å²) < 4.78 is 5.03. The summed E-state index contributed by atoms with van der Waals surface area (Å²) in [5.74, 6) is 0.811. The maximum Gasteiger partial charge on any atom is 0.287 e. The highest BCUT2D eigenvalue weighted by atomic mass is 127. The maximum atomic E-state index is 11.7. The van der Waals surface area contributed by atoms with Crippen molar-refractivity contribution >= 4 is 35.8 Å². The zero-order valence-electron chi connectivity index (χ0n) is 14.2. The van der Waals surface area contributed by atoms with Crippen LogP contribution in [0.4, 0.5) is 0 Å². The summed E-state index contributed by atoms with van der Waals surface area (Å²) in [4.78, 5) is 20.5. The number of carbonyl (C=O) groups excluding carboxylic acids is 1. The van der Waals surface area contributed by atoms with E-state index in [2.05, 4.69) is 25.9 Å². The van der Waals surface area contributed by atoms with Crippen LogP contribution in [0.25, 0.3) is 0 Å². The topological polar surface area (TPSA) is 91.5 Å². The zero-order chi connectivity index (χ0) is 17.0.